The van der Waals surface area contributed by atoms with Crippen molar-refractivity contribution in [3.8, 4) is 5.75 Å². The first-order valence-corrected chi connectivity index (χ1v) is 6.02. The minimum Gasteiger partial charge on any atom is -0.490 e. The summed E-state index contributed by atoms with van der Waals surface area (Å²) in [6.07, 6.45) is 0.173. The van der Waals surface area contributed by atoms with E-state index in [1.54, 1.807) is 6.92 Å². The number of halogens is 1. The molecule has 0 aliphatic heterocycles. The molecule has 1 aromatic carbocycles. The van der Waals surface area contributed by atoms with Crippen LogP contribution in [0.5, 0.6) is 5.75 Å². The van der Waals surface area contributed by atoms with Crippen molar-refractivity contribution in [2.24, 2.45) is 0 Å². The maximum Gasteiger partial charge on any atom is 0.313 e. The fourth-order valence-corrected chi connectivity index (χ4v) is 1.58. The van der Waals surface area contributed by atoms with Crippen LogP contribution in [-0.2, 0) is 4.79 Å². The first-order valence-electron chi connectivity index (χ1n) is 6.02. The molecule has 0 radical (unpaired) electrons. The van der Waals surface area contributed by atoms with Crippen LogP contribution in [0.25, 0.3) is 0 Å². The molecule has 0 bridgehead atoms. The highest BCUT2D eigenvalue weighted by Gasteiger charge is 2.19. The molecule has 20 heavy (non-hydrogen) atoms. The van der Waals surface area contributed by atoms with Crippen molar-refractivity contribution >= 4 is 17.3 Å². The summed E-state index contributed by atoms with van der Waals surface area (Å²) in [5, 5.41) is 16.0. The van der Waals surface area contributed by atoms with Gasteiger partial charge in [0.05, 0.1) is 23.8 Å². The van der Waals surface area contributed by atoms with Gasteiger partial charge in [-0.15, -0.1) is 0 Å². The van der Waals surface area contributed by atoms with E-state index in [4.69, 9.17) is 4.74 Å². The van der Waals surface area contributed by atoms with Gasteiger partial charge in [0.1, 0.15) is 0 Å². The van der Waals surface area contributed by atoms with E-state index in [0.717, 1.165) is 6.07 Å². The number of nitro benzene ring substituents is 1. The highest BCUT2D eigenvalue weighted by molar-refractivity contribution is 5.76. The number of nitrogens with one attached hydrogen (secondary N) is 2. The molecule has 0 unspecified atom stereocenters. The highest BCUT2D eigenvalue weighted by Crippen LogP contribution is 2.32. The molecule has 110 valence electrons. The lowest BCUT2D eigenvalue weighted by Crippen LogP contribution is -2.24. The second-order valence-corrected chi connectivity index (χ2v) is 3.89. The van der Waals surface area contributed by atoms with Crippen LogP contribution in [0.1, 0.15) is 13.3 Å². The van der Waals surface area contributed by atoms with Crippen LogP contribution >= 0.6 is 0 Å². The number of carbonyl (C=O) groups excluding carboxylic acids is 1. The Hall–Kier alpha value is -2.38. The second kappa shape index (κ2) is 7.27. The van der Waals surface area contributed by atoms with Crippen LogP contribution in [0.3, 0.4) is 0 Å². The van der Waals surface area contributed by atoms with Crippen molar-refractivity contribution < 1.29 is 18.8 Å². The van der Waals surface area contributed by atoms with Gasteiger partial charge in [-0.05, 0) is 6.92 Å². The van der Waals surface area contributed by atoms with E-state index in [-0.39, 0.29) is 30.3 Å². The van der Waals surface area contributed by atoms with Gasteiger partial charge in [-0.1, -0.05) is 0 Å². The zero-order valence-electron chi connectivity index (χ0n) is 11.2. The Kier molecular flexibility index (Phi) is 5.70. The topological polar surface area (TPSA) is 93.5 Å². The smallest absolute Gasteiger partial charge is 0.313 e. The minimum atomic E-state index is -0.770. The van der Waals surface area contributed by atoms with Crippen molar-refractivity contribution in [2.75, 3.05) is 25.5 Å². The van der Waals surface area contributed by atoms with Gasteiger partial charge in [-0.3, -0.25) is 14.9 Å². The Morgan fingerprint density at radius 3 is 2.75 bits per heavy atom. The van der Waals surface area contributed by atoms with Crippen LogP contribution in [0.4, 0.5) is 15.8 Å². The van der Waals surface area contributed by atoms with Gasteiger partial charge in [0, 0.05) is 25.6 Å². The molecule has 0 spiro atoms. The standard InChI is InChI=1S/C12H16FN3O4/c1-3-14-12(17)4-5-15-9-7-11(20-2)10(16(18)19)6-8(9)13/h6-7,15H,3-5H2,1-2H3,(H,14,17). The summed E-state index contributed by atoms with van der Waals surface area (Å²) in [5.41, 5.74) is -0.393. The van der Waals surface area contributed by atoms with Gasteiger partial charge in [0.25, 0.3) is 0 Å². The number of amides is 1. The summed E-state index contributed by atoms with van der Waals surface area (Å²) in [4.78, 5) is 21.2. The lowest BCUT2D eigenvalue weighted by Gasteiger charge is -2.09. The van der Waals surface area contributed by atoms with Gasteiger partial charge in [0.15, 0.2) is 11.6 Å². The maximum atomic E-state index is 13.7. The Morgan fingerprint density at radius 2 is 2.20 bits per heavy atom. The third kappa shape index (κ3) is 4.08. The number of methoxy groups -OCH3 is 1. The largest absolute Gasteiger partial charge is 0.490 e. The molecule has 8 heteroatoms. The van der Waals surface area contributed by atoms with Crippen molar-refractivity contribution in [3.05, 3.63) is 28.1 Å². The molecule has 0 saturated heterocycles. The molecule has 0 aliphatic rings. The fourth-order valence-electron chi connectivity index (χ4n) is 1.58. The molecule has 1 aromatic rings. The predicted octanol–water partition coefficient (Wildman–Crippen LogP) is 1.68. The molecule has 0 heterocycles. The third-order valence-electron chi connectivity index (χ3n) is 2.51. The summed E-state index contributed by atoms with van der Waals surface area (Å²) < 4.78 is 18.5. The molecule has 2 N–H and O–H groups in total. The first-order chi connectivity index (χ1) is 9.49. The van der Waals surface area contributed by atoms with Crippen molar-refractivity contribution in [1.29, 1.82) is 0 Å². The monoisotopic (exact) mass is 285 g/mol. The quantitative estimate of drug-likeness (QED) is 0.587. The SMILES string of the molecule is CCNC(=O)CCNc1cc(OC)c([N+](=O)[O-])cc1F. The number of benzene rings is 1. The highest BCUT2D eigenvalue weighted by atomic mass is 19.1. The van der Waals surface area contributed by atoms with Crippen LogP contribution < -0.4 is 15.4 Å². The molecule has 0 saturated carbocycles. The van der Waals surface area contributed by atoms with Gasteiger partial charge in [0.2, 0.25) is 5.91 Å². The molecular formula is C12H16FN3O4. The lowest BCUT2D eigenvalue weighted by atomic mass is 10.2. The molecule has 1 amide bonds. The van der Waals surface area contributed by atoms with Gasteiger partial charge >= 0.3 is 5.69 Å². The molecule has 0 aliphatic carbocycles. The number of nitro groups is 1. The number of carbonyl (C=O) groups is 1. The number of nitrogens with zero attached hydrogens (tertiary/aromatic N) is 1. The fraction of sp³-hybridized carbons (Fsp3) is 0.417. The Labute approximate surface area is 115 Å². The van der Waals surface area contributed by atoms with Gasteiger partial charge in [-0.2, -0.15) is 0 Å². The second-order valence-electron chi connectivity index (χ2n) is 3.89. The summed E-state index contributed by atoms with van der Waals surface area (Å²) in [7, 11) is 1.26. The first kappa shape index (κ1) is 15.7. The maximum absolute atomic E-state index is 13.7. The zero-order valence-corrected chi connectivity index (χ0v) is 11.2. The molecule has 0 aromatic heterocycles. The van der Waals surface area contributed by atoms with E-state index in [1.165, 1.54) is 13.2 Å². The van der Waals surface area contributed by atoms with Crippen molar-refractivity contribution in [3.63, 3.8) is 0 Å². The average molecular weight is 285 g/mol. The number of rotatable bonds is 7. The predicted molar refractivity (Wildman–Crippen MR) is 71.4 cm³/mol. The molecule has 0 atom stereocenters. The number of hydrogen-bond donors (Lipinski definition) is 2. The van der Waals surface area contributed by atoms with Gasteiger partial charge in [-0.25, -0.2) is 4.39 Å². The van der Waals surface area contributed by atoms with Gasteiger partial charge < -0.3 is 15.4 Å². The van der Waals surface area contributed by atoms with E-state index in [1.807, 2.05) is 0 Å². The lowest BCUT2D eigenvalue weighted by molar-refractivity contribution is -0.385. The number of anilines is 1. The van der Waals surface area contributed by atoms with Crippen LogP contribution in [0.15, 0.2) is 12.1 Å². The Morgan fingerprint density at radius 1 is 1.50 bits per heavy atom. The molecule has 1 rings (SSSR count). The summed E-state index contributed by atoms with van der Waals surface area (Å²) in [6.45, 7) is 2.54. The molecule has 0 fully saturated rings. The van der Waals surface area contributed by atoms with E-state index < -0.39 is 16.4 Å². The molecule has 7 nitrogen and oxygen atoms in total. The van der Waals surface area contributed by atoms with Crippen LogP contribution in [-0.4, -0.2) is 31.0 Å². The van der Waals surface area contributed by atoms with Crippen molar-refractivity contribution in [1.82, 2.24) is 5.32 Å². The molecular weight excluding hydrogens is 269 g/mol. The van der Waals surface area contributed by atoms with Crippen molar-refractivity contribution in [2.45, 2.75) is 13.3 Å². The minimum absolute atomic E-state index is 0.0445. The van der Waals surface area contributed by atoms with E-state index in [9.17, 15) is 19.3 Å². The summed E-state index contributed by atoms with van der Waals surface area (Å²) in [6, 6.07) is 1.98. The number of ether oxygens (including phenoxy) is 1. The number of hydrogen-bond acceptors (Lipinski definition) is 5. The Bertz CT molecular complexity index is 508. The summed E-state index contributed by atoms with van der Waals surface area (Å²) in [5.74, 6) is -0.973. The van der Waals surface area contributed by atoms with E-state index in [0.29, 0.717) is 6.54 Å². The van der Waals surface area contributed by atoms with E-state index >= 15 is 0 Å². The third-order valence-corrected chi connectivity index (χ3v) is 2.51. The van der Waals surface area contributed by atoms with Crippen LogP contribution in [0, 0.1) is 15.9 Å². The average Bonchev–Trinajstić information content (AvgIpc) is 2.40. The van der Waals surface area contributed by atoms with Crippen LogP contribution in [0.2, 0.25) is 0 Å². The van der Waals surface area contributed by atoms with E-state index in [2.05, 4.69) is 10.6 Å². The Balaban J connectivity index is 2.76. The normalized spacial score (nSPS) is 9.95. The summed E-state index contributed by atoms with van der Waals surface area (Å²) >= 11 is 0. The zero-order chi connectivity index (χ0) is 15.1.